The van der Waals surface area contributed by atoms with Gasteiger partial charge in [0.05, 0.1) is 0 Å². The van der Waals surface area contributed by atoms with Gasteiger partial charge in [-0.1, -0.05) is 13.0 Å². The van der Waals surface area contributed by atoms with Crippen molar-refractivity contribution in [1.29, 1.82) is 0 Å². The van der Waals surface area contributed by atoms with Crippen LogP contribution in [0.4, 0.5) is 0 Å². The van der Waals surface area contributed by atoms with Crippen LogP contribution < -0.4 is 11.1 Å². The first-order valence-electron chi connectivity index (χ1n) is 4.85. The monoisotopic (exact) mass is 198 g/mol. The van der Waals surface area contributed by atoms with Gasteiger partial charge in [-0.05, 0) is 37.4 Å². The molecule has 0 fully saturated rings. The summed E-state index contributed by atoms with van der Waals surface area (Å²) in [6.45, 7) is 4.00. The van der Waals surface area contributed by atoms with Crippen LogP contribution in [0, 0.1) is 0 Å². The van der Waals surface area contributed by atoms with Crippen LogP contribution in [0.15, 0.2) is 17.5 Å². The number of thiophene rings is 1. The smallest absolute Gasteiger partial charge is 0.0412 e. The summed E-state index contributed by atoms with van der Waals surface area (Å²) in [6.07, 6.45) is 2.20. The Kier molecular flexibility index (Phi) is 5.05. The zero-order valence-corrected chi connectivity index (χ0v) is 8.94. The van der Waals surface area contributed by atoms with Crippen molar-refractivity contribution < 1.29 is 0 Å². The van der Waals surface area contributed by atoms with E-state index in [2.05, 4.69) is 29.8 Å². The summed E-state index contributed by atoms with van der Waals surface area (Å²) in [5.74, 6) is 0. The van der Waals surface area contributed by atoms with Gasteiger partial charge in [0.1, 0.15) is 0 Å². The summed E-state index contributed by atoms with van der Waals surface area (Å²) < 4.78 is 0. The zero-order chi connectivity index (χ0) is 9.52. The fourth-order valence-electron chi connectivity index (χ4n) is 1.31. The van der Waals surface area contributed by atoms with Gasteiger partial charge in [0, 0.05) is 10.9 Å². The van der Waals surface area contributed by atoms with Gasteiger partial charge >= 0.3 is 0 Å². The average molecular weight is 198 g/mol. The van der Waals surface area contributed by atoms with E-state index in [1.54, 1.807) is 0 Å². The lowest BCUT2D eigenvalue weighted by molar-refractivity contribution is 0.519. The Bertz CT molecular complexity index is 209. The molecule has 0 aromatic carbocycles. The number of hydrogen-bond acceptors (Lipinski definition) is 3. The lowest BCUT2D eigenvalue weighted by Crippen LogP contribution is -2.22. The van der Waals surface area contributed by atoms with Crippen molar-refractivity contribution in [3.8, 4) is 0 Å². The van der Waals surface area contributed by atoms with Crippen LogP contribution in [0.3, 0.4) is 0 Å². The standard InChI is InChI=1S/C10H18N2S/c1-2-9(12-7-4-6-11)10-5-3-8-13-10/h3,5,8-9,12H,2,4,6-7,11H2,1H3. The second kappa shape index (κ2) is 6.13. The molecule has 0 aliphatic carbocycles. The lowest BCUT2D eigenvalue weighted by atomic mass is 10.2. The van der Waals surface area contributed by atoms with Crippen molar-refractivity contribution in [2.24, 2.45) is 5.73 Å². The molecule has 1 unspecified atom stereocenters. The molecule has 0 saturated carbocycles. The summed E-state index contributed by atoms with van der Waals surface area (Å²) in [4.78, 5) is 1.43. The highest BCUT2D eigenvalue weighted by Gasteiger charge is 2.07. The fourth-order valence-corrected chi connectivity index (χ4v) is 2.20. The SMILES string of the molecule is CCC(NCCCN)c1cccs1. The minimum atomic E-state index is 0.520. The molecule has 0 bridgehead atoms. The predicted molar refractivity (Wildman–Crippen MR) is 59.0 cm³/mol. The largest absolute Gasteiger partial charge is 0.330 e. The second-order valence-corrected chi connectivity index (χ2v) is 4.05. The van der Waals surface area contributed by atoms with Crippen molar-refractivity contribution in [3.05, 3.63) is 22.4 Å². The van der Waals surface area contributed by atoms with E-state index < -0.39 is 0 Å². The Balaban J connectivity index is 2.35. The minimum Gasteiger partial charge on any atom is -0.330 e. The van der Waals surface area contributed by atoms with Crippen molar-refractivity contribution >= 4 is 11.3 Å². The van der Waals surface area contributed by atoms with E-state index in [0.29, 0.717) is 6.04 Å². The highest BCUT2D eigenvalue weighted by atomic mass is 32.1. The maximum absolute atomic E-state index is 5.44. The van der Waals surface area contributed by atoms with E-state index in [1.165, 1.54) is 4.88 Å². The molecule has 0 spiro atoms. The summed E-state index contributed by atoms with van der Waals surface area (Å²) in [6, 6.07) is 4.81. The van der Waals surface area contributed by atoms with Gasteiger partial charge in [0.2, 0.25) is 0 Å². The van der Waals surface area contributed by atoms with E-state index in [4.69, 9.17) is 5.73 Å². The van der Waals surface area contributed by atoms with E-state index in [-0.39, 0.29) is 0 Å². The molecular weight excluding hydrogens is 180 g/mol. The van der Waals surface area contributed by atoms with Gasteiger partial charge in [0.25, 0.3) is 0 Å². The first-order chi connectivity index (χ1) is 6.38. The number of rotatable bonds is 6. The van der Waals surface area contributed by atoms with Gasteiger partial charge < -0.3 is 11.1 Å². The van der Waals surface area contributed by atoms with Gasteiger partial charge in [-0.15, -0.1) is 11.3 Å². The second-order valence-electron chi connectivity index (χ2n) is 3.07. The molecule has 1 rings (SSSR count). The first-order valence-corrected chi connectivity index (χ1v) is 5.73. The molecule has 0 saturated heterocycles. The third kappa shape index (κ3) is 3.46. The molecule has 0 aliphatic heterocycles. The molecule has 0 amide bonds. The average Bonchev–Trinajstić information content (AvgIpc) is 2.65. The van der Waals surface area contributed by atoms with Crippen LogP contribution in [0.1, 0.15) is 30.7 Å². The minimum absolute atomic E-state index is 0.520. The van der Waals surface area contributed by atoms with Crippen LogP contribution in [0.2, 0.25) is 0 Å². The van der Waals surface area contributed by atoms with E-state index in [0.717, 1.165) is 25.9 Å². The molecule has 3 heteroatoms. The van der Waals surface area contributed by atoms with Crippen molar-refractivity contribution in [2.75, 3.05) is 13.1 Å². The summed E-state index contributed by atoms with van der Waals surface area (Å²) in [7, 11) is 0. The molecule has 74 valence electrons. The Morgan fingerprint density at radius 1 is 1.62 bits per heavy atom. The highest BCUT2D eigenvalue weighted by molar-refractivity contribution is 7.10. The number of hydrogen-bond donors (Lipinski definition) is 2. The molecule has 0 radical (unpaired) electrons. The van der Waals surface area contributed by atoms with Gasteiger partial charge in [-0.3, -0.25) is 0 Å². The molecule has 1 heterocycles. The maximum atomic E-state index is 5.44. The molecule has 3 N–H and O–H groups in total. The molecule has 2 nitrogen and oxygen atoms in total. The zero-order valence-electron chi connectivity index (χ0n) is 8.12. The van der Waals surface area contributed by atoms with E-state index in [9.17, 15) is 0 Å². The van der Waals surface area contributed by atoms with Crippen LogP contribution in [0.25, 0.3) is 0 Å². The summed E-state index contributed by atoms with van der Waals surface area (Å²) in [5.41, 5.74) is 5.44. The lowest BCUT2D eigenvalue weighted by Gasteiger charge is -2.14. The van der Waals surface area contributed by atoms with Gasteiger partial charge in [-0.2, -0.15) is 0 Å². The molecular formula is C10H18N2S. The van der Waals surface area contributed by atoms with Crippen LogP contribution in [-0.2, 0) is 0 Å². The first kappa shape index (κ1) is 10.7. The van der Waals surface area contributed by atoms with Crippen molar-refractivity contribution in [3.63, 3.8) is 0 Å². The van der Waals surface area contributed by atoms with Crippen LogP contribution in [0.5, 0.6) is 0 Å². The molecule has 1 aromatic rings. The van der Waals surface area contributed by atoms with Gasteiger partial charge in [0.15, 0.2) is 0 Å². The predicted octanol–water partition coefficient (Wildman–Crippen LogP) is 2.14. The third-order valence-electron chi connectivity index (χ3n) is 2.07. The number of nitrogens with one attached hydrogen (secondary N) is 1. The summed E-state index contributed by atoms with van der Waals surface area (Å²) in [5, 5.41) is 5.63. The molecule has 1 atom stereocenters. The topological polar surface area (TPSA) is 38.0 Å². The summed E-state index contributed by atoms with van der Waals surface area (Å²) >= 11 is 1.82. The van der Waals surface area contributed by atoms with Crippen LogP contribution in [-0.4, -0.2) is 13.1 Å². The van der Waals surface area contributed by atoms with E-state index >= 15 is 0 Å². The van der Waals surface area contributed by atoms with Gasteiger partial charge in [-0.25, -0.2) is 0 Å². The molecule has 0 aliphatic rings. The molecule has 13 heavy (non-hydrogen) atoms. The Labute approximate surface area is 84.2 Å². The van der Waals surface area contributed by atoms with Crippen molar-refractivity contribution in [2.45, 2.75) is 25.8 Å². The Morgan fingerprint density at radius 3 is 3.00 bits per heavy atom. The normalized spacial score (nSPS) is 13.1. The Morgan fingerprint density at radius 2 is 2.46 bits per heavy atom. The highest BCUT2D eigenvalue weighted by Crippen LogP contribution is 2.21. The number of nitrogens with two attached hydrogens (primary N) is 1. The third-order valence-corrected chi connectivity index (χ3v) is 3.05. The Hall–Kier alpha value is -0.380. The quantitative estimate of drug-likeness (QED) is 0.687. The van der Waals surface area contributed by atoms with Crippen molar-refractivity contribution in [1.82, 2.24) is 5.32 Å². The van der Waals surface area contributed by atoms with E-state index in [1.807, 2.05) is 11.3 Å². The maximum Gasteiger partial charge on any atom is 0.0412 e. The fraction of sp³-hybridized carbons (Fsp3) is 0.600. The molecule has 1 aromatic heterocycles. The van der Waals surface area contributed by atoms with Crippen LogP contribution >= 0.6 is 11.3 Å².